The van der Waals surface area contributed by atoms with Gasteiger partial charge in [-0.3, -0.25) is 4.79 Å². The molecule has 0 amide bonds. The molecule has 1 unspecified atom stereocenters. The van der Waals surface area contributed by atoms with E-state index in [-0.39, 0.29) is 6.61 Å². The number of rotatable bonds is 7. The van der Waals surface area contributed by atoms with Crippen LogP contribution in [0.1, 0.15) is 17.7 Å². The van der Waals surface area contributed by atoms with E-state index in [2.05, 4.69) is 10.3 Å². The highest BCUT2D eigenvalue weighted by atomic mass is 16.7. The molecule has 0 saturated carbocycles. The van der Waals surface area contributed by atoms with E-state index in [9.17, 15) is 15.0 Å². The topological polar surface area (TPSA) is 101 Å². The van der Waals surface area contributed by atoms with Gasteiger partial charge in [-0.1, -0.05) is 35.5 Å². The second-order valence-electron chi connectivity index (χ2n) is 5.37. The molecule has 1 aliphatic rings. The van der Waals surface area contributed by atoms with Crippen LogP contribution in [0.5, 0.6) is 0 Å². The van der Waals surface area contributed by atoms with E-state index in [1.807, 2.05) is 30.3 Å². The zero-order valence-corrected chi connectivity index (χ0v) is 12.9. The predicted molar refractivity (Wildman–Crippen MR) is 84.2 cm³/mol. The number of hydrogen-bond acceptors (Lipinski definition) is 6. The number of hydrogen-bond donors (Lipinski definition) is 2. The maximum atomic E-state index is 11.5. The molecule has 8 nitrogen and oxygen atoms in total. The molecule has 1 atom stereocenters. The van der Waals surface area contributed by atoms with Gasteiger partial charge >= 0.3 is 5.97 Å². The fourth-order valence-corrected chi connectivity index (χ4v) is 2.54. The van der Waals surface area contributed by atoms with Crippen molar-refractivity contribution >= 4 is 11.7 Å². The molecule has 24 heavy (non-hydrogen) atoms. The Kier molecular flexibility index (Phi) is 4.88. The molecule has 2 N–H and O–H groups in total. The van der Waals surface area contributed by atoms with Gasteiger partial charge in [0.2, 0.25) is 0 Å². The molecule has 2 heterocycles. The number of aromatic nitrogens is 3. The number of aryl methyl sites for hydroxylation is 1. The molecular formula is C16H18N4O4. The van der Waals surface area contributed by atoms with Gasteiger partial charge in [0, 0.05) is 18.7 Å². The Morgan fingerprint density at radius 1 is 1.25 bits per heavy atom. The monoisotopic (exact) mass is 330 g/mol. The van der Waals surface area contributed by atoms with Gasteiger partial charge in [0.25, 0.3) is 0 Å². The second-order valence-corrected chi connectivity index (χ2v) is 5.37. The highest BCUT2D eigenvalue weighted by Gasteiger charge is 2.32. The highest BCUT2D eigenvalue weighted by molar-refractivity contribution is 5.80. The first kappa shape index (κ1) is 16.2. The molecule has 1 aliphatic heterocycles. The Labute approximate surface area is 138 Å². The fraction of sp³-hybridized carbons (Fsp3) is 0.312. The molecule has 0 saturated heterocycles. The molecule has 0 spiro atoms. The van der Waals surface area contributed by atoms with Crippen LogP contribution in [-0.2, 0) is 22.8 Å². The van der Waals surface area contributed by atoms with Crippen LogP contribution in [0.3, 0.4) is 0 Å². The molecule has 8 heteroatoms. The van der Waals surface area contributed by atoms with Crippen molar-refractivity contribution in [1.29, 1.82) is 0 Å². The smallest absolute Gasteiger partial charge is 0.328 e. The lowest BCUT2D eigenvalue weighted by Crippen LogP contribution is -2.36. The van der Waals surface area contributed by atoms with Crippen molar-refractivity contribution in [1.82, 2.24) is 20.1 Å². The van der Waals surface area contributed by atoms with Gasteiger partial charge in [-0.25, -0.2) is 4.68 Å². The standard InChI is InChI=1S/C16H18N4O4/c21-11-13-10-17-18-19(13)7-4-8-20-14(16(22)23)9-15(24-20)12-5-2-1-3-6-12/h1-3,5-6,9-10,14,21H,4,7-8,11H2,(H,22,23). The SMILES string of the molecule is O=C(O)C1C=C(c2ccccc2)ON1CCCn1nncc1CO. The summed E-state index contributed by atoms with van der Waals surface area (Å²) in [5.41, 5.74) is 1.46. The number of aliphatic carboxylic acids is 1. The minimum Gasteiger partial charge on any atom is -0.480 e. The van der Waals surface area contributed by atoms with E-state index in [1.54, 1.807) is 10.8 Å². The van der Waals surface area contributed by atoms with Gasteiger partial charge in [-0.05, 0) is 12.5 Å². The molecule has 1 aromatic carbocycles. The summed E-state index contributed by atoms with van der Waals surface area (Å²) in [6.07, 6.45) is 3.71. The lowest BCUT2D eigenvalue weighted by molar-refractivity contribution is -0.156. The first-order chi connectivity index (χ1) is 11.7. The zero-order valence-electron chi connectivity index (χ0n) is 12.9. The van der Waals surface area contributed by atoms with Crippen LogP contribution in [0.2, 0.25) is 0 Å². The van der Waals surface area contributed by atoms with Crippen LogP contribution in [0.15, 0.2) is 42.6 Å². The molecule has 1 aromatic heterocycles. The van der Waals surface area contributed by atoms with Crippen molar-refractivity contribution in [3.63, 3.8) is 0 Å². The molecule has 0 bridgehead atoms. The van der Waals surface area contributed by atoms with Crippen LogP contribution in [-0.4, -0.2) is 48.8 Å². The van der Waals surface area contributed by atoms with Crippen molar-refractivity contribution in [2.24, 2.45) is 0 Å². The number of aliphatic hydroxyl groups is 1. The van der Waals surface area contributed by atoms with E-state index < -0.39 is 12.0 Å². The van der Waals surface area contributed by atoms with Gasteiger partial charge in [0.15, 0.2) is 11.8 Å². The van der Waals surface area contributed by atoms with Crippen LogP contribution < -0.4 is 0 Å². The molecular weight excluding hydrogens is 312 g/mol. The fourth-order valence-electron chi connectivity index (χ4n) is 2.54. The lowest BCUT2D eigenvalue weighted by atomic mass is 10.1. The Bertz CT molecular complexity index is 729. The van der Waals surface area contributed by atoms with Crippen LogP contribution in [0.4, 0.5) is 0 Å². The van der Waals surface area contributed by atoms with Gasteiger partial charge in [-0.2, -0.15) is 0 Å². The van der Waals surface area contributed by atoms with E-state index in [1.165, 1.54) is 11.3 Å². The number of carboxylic acids is 1. The summed E-state index contributed by atoms with van der Waals surface area (Å²) >= 11 is 0. The molecule has 126 valence electrons. The van der Waals surface area contributed by atoms with Crippen molar-refractivity contribution in [3.05, 3.63) is 53.9 Å². The van der Waals surface area contributed by atoms with Gasteiger partial charge < -0.3 is 15.1 Å². The third-order valence-electron chi connectivity index (χ3n) is 3.75. The van der Waals surface area contributed by atoms with Crippen LogP contribution >= 0.6 is 0 Å². The summed E-state index contributed by atoms with van der Waals surface area (Å²) in [7, 11) is 0. The molecule has 0 fully saturated rings. The Balaban J connectivity index is 1.62. The Hall–Kier alpha value is -2.71. The average molecular weight is 330 g/mol. The number of nitrogens with zero attached hydrogens (tertiary/aromatic N) is 4. The number of aliphatic hydroxyl groups excluding tert-OH is 1. The van der Waals surface area contributed by atoms with Crippen molar-refractivity contribution < 1.29 is 19.8 Å². The first-order valence-electron chi connectivity index (χ1n) is 7.62. The number of carboxylic acid groups (broad SMARTS) is 1. The largest absolute Gasteiger partial charge is 0.480 e. The molecule has 3 rings (SSSR count). The third-order valence-corrected chi connectivity index (χ3v) is 3.75. The summed E-state index contributed by atoms with van der Waals surface area (Å²) in [6.45, 7) is 0.794. The molecule has 2 aromatic rings. The van der Waals surface area contributed by atoms with Crippen molar-refractivity contribution in [2.45, 2.75) is 25.6 Å². The van der Waals surface area contributed by atoms with Crippen LogP contribution in [0, 0.1) is 0 Å². The molecule has 0 radical (unpaired) electrons. The second kappa shape index (κ2) is 7.24. The van der Waals surface area contributed by atoms with E-state index >= 15 is 0 Å². The summed E-state index contributed by atoms with van der Waals surface area (Å²) in [5, 5.41) is 27.6. The maximum absolute atomic E-state index is 11.5. The molecule has 0 aliphatic carbocycles. The summed E-state index contributed by atoms with van der Waals surface area (Å²) in [4.78, 5) is 17.2. The summed E-state index contributed by atoms with van der Waals surface area (Å²) < 4.78 is 1.59. The van der Waals surface area contributed by atoms with Gasteiger partial charge in [0.05, 0.1) is 18.5 Å². The predicted octanol–water partition coefficient (Wildman–Crippen LogP) is 0.902. The lowest BCUT2D eigenvalue weighted by Gasteiger charge is -2.20. The summed E-state index contributed by atoms with van der Waals surface area (Å²) in [5.74, 6) is -0.419. The maximum Gasteiger partial charge on any atom is 0.328 e. The Morgan fingerprint density at radius 2 is 2.04 bits per heavy atom. The van der Waals surface area contributed by atoms with Crippen LogP contribution in [0.25, 0.3) is 5.76 Å². The van der Waals surface area contributed by atoms with E-state index in [0.717, 1.165) is 5.56 Å². The first-order valence-corrected chi connectivity index (χ1v) is 7.62. The Morgan fingerprint density at radius 3 is 2.75 bits per heavy atom. The summed E-state index contributed by atoms with van der Waals surface area (Å²) in [6, 6.07) is 8.56. The van der Waals surface area contributed by atoms with Gasteiger partial charge in [-0.15, -0.1) is 10.2 Å². The zero-order chi connectivity index (χ0) is 16.9. The minimum atomic E-state index is -0.960. The normalized spacial score (nSPS) is 17.5. The van der Waals surface area contributed by atoms with Crippen molar-refractivity contribution in [2.75, 3.05) is 6.54 Å². The number of benzene rings is 1. The third kappa shape index (κ3) is 3.44. The van der Waals surface area contributed by atoms with Crippen molar-refractivity contribution in [3.8, 4) is 0 Å². The quantitative estimate of drug-likeness (QED) is 0.778. The van der Waals surface area contributed by atoms with E-state index in [4.69, 9.17) is 4.84 Å². The van der Waals surface area contributed by atoms with Gasteiger partial charge in [0.1, 0.15) is 0 Å². The van der Waals surface area contributed by atoms with E-state index in [0.29, 0.717) is 31.0 Å². The minimum absolute atomic E-state index is 0.134. The number of carbonyl (C=O) groups is 1. The highest BCUT2D eigenvalue weighted by Crippen LogP contribution is 2.27. The number of hydroxylamine groups is 2. The average Bonchev–Trinajstić information content (AvgIpc) is 3.22.